The predicted molar refractivity (Wildman–Crippen MR) is 116 cm³/mol. The summed E-state index contributed by atoms with van der Waals surface area (Å²) in [7, 11) is 0. The highest BCUT2D eigenvalue weighted by atomic mass is 32.1. The van der Waals surface area contributed by atoms with Crippen LogP contribution in [0, 0.1) is 18.6 Å². The molecule has 2 aromatic rings. The van der Waals surface area contributed by atoms with Gasteiger partial charge in [0.25, 0.3) is 0 Å². The zero-order valence-corrected chi connectivity index (χ0v) is 18.6. The number of aryl methyl sites for hydroxylation is 1. The third kappa shape index (κ3) is 7.64. The van der Waals surface area contributed by atoms with Gasteiger partial charge >= 0.3 is 0 Å². The van der Waals surface area contributed by atoms with Gasteiger partial charge in [-0.25, -0.2) is 13.8 Å². The van der Waals surface area contributed by atoms with Crippen LogP contribution in [0.5, 0.6) is 0 Å². The molecule has 1 aromatic heterocycles. The second-order valence-corrected chi connectivity index (χ2v) is 8.25. The number of rotatable bonds is 11. The number of aromatic nitrogens is 1. The molecule has 2 atom stereocenters. The molecule has 0 aliphatic rings. The minimum Gasteiger partial charge on any atom is -0.395 e. The monoisotopic (exact) mass is 454 g/mol. The Balaban J connectivity index is 2.02. The molecule has 0 radical (unpaired) electrons. The smallest absolute Gasteiger partial charge is 0.248 e. The summed E-state index contributed by atoms with van der Waals surface area (Å²) in [5.41, 5.74) is 0.956. The maximum absolute atomic E-state index is 13.3. The van der Waals surface area contributed by atoms with Crippen LogP contribution in [0.1, 0.15) is 48.9 Å². The Hall–Kier alpha value is -2.43. The number of aliphatic hydroxyl groups excluding tert-OH is 1. The van der Waals surface area contributed by atoms with Crippen molar-refractivity contribution < 1.29 is 23.5 Å². The number of halogens is 2. The summed E-state index contributed by atoms with van der Waals surface area (Å²) in [5.74, 6) is -2.43. The van der Waals surface area contributed by atoms with E-state index in [0.717, 1.165) is 28.8 Å². The molecule has 4 N–H and O–H groups in total. The van der Waals surface area contributed by atoms with Crippen molar-refractivity contribution in [3.63, 3.8) is 0 Å². The van der Waals surface area contributed by atoms with Crippen LogP contribution < -0.4 is 16.0 Å². The second-order valence-electron chi connectivity index (χ2n) is 7.22. The molecule has 2 rings (SSSR count). The first-order valence-electron chi connectivity index (χ1n) is 10.1. The third-order valence-corrected chi connectivity index (χ3v) is 5.79. The van der Waals surface area contributed by atoms with Gasteiger partial charge in [-0.3, -0.25) is 9.59 Å². The Labute approximate surface area is 184 Å². The van der Waals surface area contributed by atoms with Crippen LogP contribution in [0.2, 0.25) is 0 Å². The third-order valence-electron chi connectivity index (χ3n) is 4.53. The first kappa shape index (κ1) is 24.8. The summed E-state index contributed by atoms with van der Waals surface area (Å²) in [4.78, 5) is 30.4. The van der Waals surface area contributed by atoms with Crippen LogP contribution in [0.15, 0.2) is 18.2 Å². The molecule has 1 aromatic carbocycles. The lowest BCUT2D eigenvalue weighted by Crippen LogP contribution is -2.44. The number of aliphatic hydroxyl groups is 1. The van der Waals surface area contributed by atoms with Crippen LogP contribution in [-0.2, 0) is 16.0 Å². The number of benzene rings is 1. The number of carbonyl (C=O) groups excluding carboxylic acids is 2. The molecular formula is C21H28F2N4O3S. The summed E-state index contributed by atoms with van der Waals surface area (Å²) >= 11 is 1.32. The molecular weight excluding hydrogens is 426 g/mol. The van der Waals surface area contributed by atoms with Gasteiger partial charge in [0.05, 0.1) is 18.7 Å². The molecule has 0 spiro atoms. The van der Waals surface area contributed by atoms with Gasteiger partial charge in [-0.05, 0) is 38.0 Å². The number of carbonyl (C=O) groups is 2. The Morgan fingerprint density at radius 3 is 2.52 bits per heavy atom. The van der Waals surface area contributed by atoms with Crippen LogP contribution in [0.4, 0.5) is 13.9 Å². The normalized spacial score (nSPS) is 13.0. The molecule has 2 unspecified atom stereocenters. The molecule has 2 amide bonds. The summed E-state index contributed by atoms with van der Waals surface area (Å²) in [6.45, 7) is 6.13. The minimum absolute atomic E-state index is 0.0203. The predicted octanol–water partition coefficient (Wildman–Crippen LogP) is 2.84. The van der Waals surface area contributed by atoms with E-state index in [2.05, 4.69) is 20.9 Å². The molecule has 0 fully saturated rings. The molecule has 7 nitrogen and oxygen atoms in total. The second kappa shape index (κ2) is 11.8. The van der Waals surface area contributed by atoms with E-state index in [1.165, 1.54) is 11.3 Å². The lowest BCUT2D eigenvalue weighted by Gasteiger charge is -2.17. The molecule has 0 aliphatic heterocycles. The summed E-state index contributed by atoms with van der Waals surface area (Å²) in [5, 5.41) is 17.9. The van der Waals surface area contributed by atoms with E-state index in [0.29, 0.717) is 24.5 Å². The van der Waals surface area contributed by atoms with E-state index >= 15 is 0 Å². The van der Waals surface area contributed by atoms with Gasteiger partial charge in [0.2, 0.25) is 11.8 Å². The average molecular weight is 455 g/mol. The Morgan fingerprint density at radius 1 is 1.23 bits per heavy atom. The van der Waals surface area contributed by atoms with E-state index in [4.69, 9.17) is 5.11 Å². The first-order valence-corrected chi connectivity index (χ1v) is 10.9. The Morgan fingerprint density at radius 2 is 1.90 bits per heavy atom. The summed E-state index contributed by atoms with van der Waals surface area (Å²) < 4.78 is 26.7. The lowest BCUT2D eigenvalue weighted by molar-refractivity contribution is -0.126. The Kier molecular flexibility index (Phi) is 9.47. The lowest BCUT2D eigenvalue weighted by atomic mass is 10.1. The van der Waals surface area contributed by atoms with Crippen molar-refractivity contribution in [3.8, 4) is 0 Å². The number of amides is 2. The zero-order valence-electron chi connectivity index (χ0n) is 17.8. The fraction of sp³-hybridized carbons (Fsp3) is 0.476. The van der Waals surface area contributed by atoms with Gasteiger partial charge in [0.15, 0.2) is 5.13 Å². The molecule has 10 heteroatoms. The standard InChI is InChI=1S/C21H28F2N4O3S/c1-4-5-17(26-18(29)10-14-8-15(22)11-16(23)9-14)20(30)27-21-25-13(3)19(31-21)12(2)24-6-7-28/h8-9,11-12,17,24,28H,4-7,10H2,1-3H3,(H,26,29)(H,25,27,30). The van der Waals surface area contributed by atoms with Gasteiger partial charge in [0.1, 0.15) is 17.7 Å². The van der Waals surface area contributed by atoms with E-state index in [9.17, 15) is 18.4 Å². The number of hydrogen-bond donors (Lipinski definition) is 4. The van der Waals surface area contributed by atoms with Crippen molar-refractivity contribution in [2.24, 2.45) is 0 Å². The summed E-state index contributed by atoms with van der Waals surface area (Å²) in [6.07, 6.45) is 0.814. The number of thiazole rings is 1. The van der Waals surface area contributed by atoms with Crippen molar-refractivity contribution in [2.75, 3.05) is 18.5 Å². The number of nitrogens with zero attached hydrogens (tertiary/aromatic N) is 1. The fourth-order valence-electron chi connectivity index (χ4n) is 3.13. The van der Waals surface area contributed by atoms with Crippen LogP contribution in [0.25, 0.3) is 0 Å². The van der Waals surface area contributed by atoms with Gasteiger partial charge in [-0.2, -0.15) is 0 Å². The van der Waals surface area contributed by atoms with Crippen molar-refractivity contribution in [3.05, 3.63) is 46.0 Å². The number of anilines is 1. The number of hydrogen-bond acceptors (Lipinski definition) is 6. The molecule has 0 aliphatic carbocycles. The van der Waals surface area contributed by atoms with Crippen LogP contribution in [-0.4, -0.2) is 41.1 Å². The molecule has 0 saturated heterocycles. The van der Waals surface area contributed by atoms with E-state index in [-0.39, 0.29) is 24.6 Å². The van der Waals surface area contributed by atoms with Gasteiger partial charge < -0.3 is 21.1 Å². The molecule has 31 heavy (non-hydrogen) atoms. The SMILES string of the molecule is CCCC(NC(=O)Cc1cc(F)cc(F)c1)C(=O)Nc1nc(C)c(C(C)NCCO)s1. The van der Waals surface area contributed by atoms with Crippen molar-refractivity contribution in [1.29, 1.82) is 0 Å². The molecule has 170 valence electrons. The van der Waals surface area contributed by atoms with Crippen LogP contribution >= 0.6 is 11.3 Å². The minimum atomic E-state index is -0.798. The maximum Gasteiger partial charge on any atom is 0.248 e. The summed E-state index contributed by atoms with van der Waals surface area (Å²) in [6, 6.07) is 2.08. The van der Waals surface area contributed by atoms with Crippen molar-refractivity contribution in [2.45, 2.75) is 52.1 Å². The highest BCUT2D eigenvalue weighted by molar-refractivity contribution is 7.16. The first-order chi connectivity index (χ1) is 14.7. The fourth-order valence-corrected chi connectivity index (χ4v) is 4.13. The van der Waals surface area contributed by atoms with E-state index < -0.39 is 29.5 Å². The highest BCUT2D eigenvalue weighted by Crippen LogP contribution is 2.28. The largest absolute Gasteiger partial charge is 0.395 e. The van der Waals surface area contributed by atoms with E-state index in [1.807, 2.05) is 20.8 Å². The highest BCUT2D eigenvalue weighted by Gasteiger charge is 2.22. The van der Waals surface area contributed by atoms with Crippen molar-refractivity contribution >= 4 is 28.3 Å². The molecule has 1 heterocycles. The van der Waals surface area contributed by atoms with Gasteiger partial charge in [-0.15, -0.1) is 0 Å². The van der Waals surface area contributed by atoms with Crippen molar-refractivity contribution in [1.82, 2.24) is 15.6 Å². The number of nitrogens with one attached hydrogen (secondary N) is 3. The zero-order chi connectivity index (χ0) is 23.0. The molecule has 0 bridgehead atoms. The maximum atomic E-state index is 13.3. The van der Waals surface area contributed by atoms with Gasteiger partial charge in [-0.1, -0.05) is 24.7 Å². The van der Waals surface area contributed by atoms with Crippen LogP contribution in [0.3, 0.4) is 0 Å². The topological polar surface area (TPSA) is 103 Å². The van der Waals surface area contributed by atoms with E-state index in [1.54, 1.807) is 0 Å². The Bertz CT molecular complexity index is 886. The van der Waals surface area contributed by atoms with Gasteiger partial charge in [0, 0.05) is 23.5 Å². The molecule has 0 saturated carbocycles. The average Bonchev–Trinajstić information content (AvgIpc) is 3.04. The quantitative estimate of drug-likeness (QED) is 0.418.